The minimum absolute atomic E-state index is 0.0733. The lowest BCUT2D eigenvalue weighted by atomic mass is 10.2. The summed E-state index contributed by atoms with van der Waals surface area (Å²) >= 11 is 6.10. The first-order valence-electron chi connectivity index (χ1n) is 10.5. The Kier molecular flexibility index (Phi) is 8.15. The van der Waals surface area contributed by atoms with Crippen LogP contribution in [0.4, 0.5) is 5.69 Å². The van der Waals surface area contributed by atoms with Gasteiger partial charge in [-0.2, -0.15) is 0 Å². The molecule has 0 aliphatic carbocycles. The summed E-state index contributed by atoms with van der Waals surface area (Å²) in [6.07, 6.45) is 0.946. The van der Waals surface area contributed by atoms with Gasteiger partial charge in [-0.15, -0.1) is 0 Å². The molecule has 2 heterocycles. The van der Waals surface area contributed by atoms with Gasteiger partial charge in [0.05, 0.1) is 13.1 Å². The molecular weight excluding hydrogens is 390 g/mol. The Balaban J connectivity index is 1.37. The summed E-state index contributed by atoms with van der Waals surface area (Å²) in [5.41, 5.74) is 1.14. The zero-order chi connectivity index (χ0) is 20.6. The van der Waals surface area contributed by atoms with Crippen molar-refractivity contribution in [2.24, 2.45) is 0 Å². The maximum Gasteiger partial charge on any atom is 0.236 e. The Morgan fingerprint density at radius 2 is 1.62 bits per heavy atom. The molecule has 0 spiro atoms. The minimum atomic E-state index is 0.0733. The van der Waals surface area contributed by atoms with Crippen LogP contribution in [0.2, 0.25) is 5.02 Å². The molecule has 8 heteroatoms. The molecule has 0 atom stereocenters. The molecule has 1 aromatic carbocycles. The Morgan fingerprint density at radius 1 is 0.966 bits per heavy atom. The SMILES string of the molecule is CCCNC(=O)CN1CCN(C(=O)CN2CCN(c3cccc(Cl)c3)CC2)CC1. The van der Waals surface area contributed by atoms with E-state index in [4.69, 9.17) is 11.6 Å². The topological polar surface area (TPSA) is 59.1 Å². The monoisotopic (exact) mass is 421 g/mol. The molecule has 0 saturated carbocycles. The van der Waals surface area contributed by atoms with Crippen LogP contribution in [0.25, 0.3) is 0 Å². The Labute approximate surface area is 178 Å². The molecule has 7 nitrogen and oxygen atoms in total. The lowest BCUT2D eigenvalue weighted by molar-refractivity contribution is -0.134. The molecule has 0 unspecified atom stereocenters. The number of carbonyl (C=O) groups is 2. The number of amides is 2. The normalized spacial score (nSPS) is 18.7. The predicted octanol–water partition coefficient (Wildman–Crippen LogP) is 1.13. The van der Waals surface area contributed by atoms with Gasteiger partial charge in [-0.3, -0.25) is 19.4 Å². The van der Waals surface area contributed by atoms with E-state index in [1.165, 1.54) is 0 Å². The van der Waals surface area contributed by atoms with Crippen LogP contribution in [-0.2, 0) is 9.59 Å². The van der Waals surface area contributed by atoms with Crippen LogP contribution in [0.5, 0.6) is 0 Å². The van der Waals surface area contributed by atoms with Crippen LogP contribution in [-0.4, -0.2) is 98.5 Å². The molecule has 29 heavy (non-hydrogen) atoms. The number of halogens is 1. The summed E-state index contributed by atoms with van der Waals surface area (Å²) in [6.45, 7) is 10.1. The van der Waals surface area contributed by atoms with Crippen molar-refractivity contribution < 1.29 is 9.59 Å². The van der Waals surface area contributed by atoms with Crippen molar-refractivity contribution in [1.29, 1.82) is 0 Å². The zero-order valence-electron chi connectivity index (χ0n) is 17.3. The van der Waals surface area contributed by atoms with Crippen molar-refractivity contribution >= 4 is 29.1 Å². The predicted molar refractivity (Wildman–Crippen MR) is 116 cm³/mol. The molecule has 0 aromatic heterocycles. The van der Waals surface area contributed by atoms with Gasteiger partial charge in [0, 0.05) is 69.6 Å². The summed E-state index contributed by atoms with van der Waals surface area (Å²) < 4.78 is 0. The molecule has 0 bridgehead atoms. The second-order valence-corrected chi connectivity index (χ2v) is 8.19. The van der Waals surface area contributed by atoms with Crippen molar-refractivity contribution in [3.63, 3.8) is 0 Å². The third-order valence-electron chi connectivity index (χ3n) is 5.57. The third kappa shape index (κ3) is 6.59. The van der Waals surface area contributed by atoms with E-state index in [1.807, 2.05) is 30.0 Å². The van der Waals surface area contributed by atoms with Crippen LogP contribution in [0, 0.1) is 0 Å². The van der Waals surface area contributed by atoms with Gasteiger partial charge < -0.3 is 15.1 Å². The number of piperazine rings is 2. The van der Waals surface area contributed by atoms with Gasteiger partial charge in [-0.1, -0.05) is 24.6 Å². The number of hydrogen-bond donors (Lipinski definition) is 1. The fourth-order valence-corrected chi connectivity index (χ4v) is 3.99. The average Bonchev–Trinajstić information content (AvgIpc) is 2.73. The molecule has 2 fully saturated rings. The molecule has 2 aliphatic rings. The van der Waals surface area contributed by atoms with E-state index in [1.54, 1.807) is 0 Å². The summed E-state index contributed by atoms with van der Waals surface area (Å²) in [6, 6.07) is 7.93. The third-order valence-corrected chi connectivity index (χ3v) is 5.80. The van der Waals surface area contributed by atoms with Gasteiger partial charge >= 0.3 is 0 Å². The molecule has 2 amide bonds. The molecule has 1 N–H and O–H groups in total. The van der Waals surface area contributed by atoms with Crippen molar-refractivity contribution in [3.8, 4) is 0 Å². The molecule has 2 saturated heterocycles. The summed E-state index contributed by atoms with van der Waals surface area (Å²) in [5.74, 6) is 0.264. The van der Waals surface area contributed by atoms with Crippen LogP contribution < -0.4 is 10.2 Å². The number of rotatable bonds is 7. The Morgan fingerprint density at radius 3 is 2.28 bits per heavy atom. The summed E-state index contributed by atoms with van der Waals surface area (Å²) in [7, 11) is 0. The Hall–Kier alpha value is -1.83. The lowest BCUT2D eigenvalue weighted by Gasteiger charge is -2.38. The summed E-state index contributed by atoms with van der Waals surface area (Å²) in [5, 5.41) is 3.66. The summed E-state index contributed by atoms with van der Waals surface area (Å²) in [4.78, 5) is 33.1. The largest absolute Gasteiger partial charge is 0.369 e. The highest BCUT2D eigenvalue weighted by atomic mass is 35.5. The maximum atomic E-state index is 12.7. The van der Waals surface area contributed by atoms with E-state index in [9.17, 15) is 9.59 Å². The number of carbonyl (C=O) groups excluding carboxylic acids is 2. The maximum absolute atomic E-state index is 12.7. The van der Waals surface area contributed by atoms with Gasteiger partial charge in [0.25, 0.3) is 0 Å². The number of anilines is 1. The van der Waals surface area contributed by atoms with E-state index in [0.717, 1.165) is 62.9 Å². The second-order valence-electron chi connectivity index (χ2n) is 7.75. The van der Waals surface area contributed by atoms with Crippen molar-refractivity contribution in [1.82, 2.24) is 20.0 Å². The Bertz CT molecular complexity index is 685. The van der Waals surface area contributed by atoms with Gasteiger partial charge in [0.1, 0.15) is 0 Å². The molecule has 160 valence electrons. The van der Waals surface area contributed by atoms with Crippen LogP contribution in [0.15, 0.2) is 24.3 Å². The van der Waals surface area contributed by atoms with Crippen LogP contribution in [0.1, 0.15) is 13.3 Å². The van der Waals surface area contributed by atoms with E-state index < -0.39 is 0 Å². The highest BCUT2D eigenvalue weighted by molar-refractivity contribution is 6.30. The molecular formula is C21H32ClN5O2. The number of nitrogens with zero attached hydrogens (tertiary/aromatic N) is 4. The quantitative estimate of drug-likeness (QED) is 0.715. The van der Waals surface area contributed by atoms with Crippen LogP contribution in [0.3, 0.4) is 0 Å². The minimum Gasteiger partial charge on any atom is -0.369 e. The zero-order valence-corrected chi connectivity index (χ0v) is 18.0. The highest BCUT2D eigenvalue weighted by Gasteiger charge is 2.25. The molecule has 3 rings (SSSR count). The smallest absolute Gasteiger partial charge is 0.236 e. The number of benzene rings is 1. The van der Waals surface area contributed by atoms with Crippen molar-refractivity contribution in [2.75, 3.05) is 76.9 Å². The highest BCUT2D eigenvalue weighted by Crippen LogP contribution is 2.20. The molecule has 0 radical (unpaired) electrons. The first-order valence-corrected chi connectivity index (χ1v) is 10.9. The van der Waals surface area contributed by atoms with Gasteiger partial charge in [0.2, 0.25) is 11.8 Å². The van der Waals surface area contributed by atoms with E-state index in [2.05, 4.69) is 26.1 Å². The standard InChI is InChI=1S/C21H32ClN5O2/c1-2-6-23-20(28)16-24-9-13-27(14-10-24)21(29)17-25-7-11-26(12-8-25)19-5-3-4-18(22)15-19/h3-5,15H,2,6-14,16-17H2,1H3,(H,23,28). The van der Waals surface area contributed by atoms with E-state index in [-0.39, 0.29) is 11.8 Å². The average molecular weight is 422 g/mol. The van der Waals surface area contributed by atoms with Crippen LogP contribution >= 0.6 is 11.6 Å². The van der Waals surface area contributed by atoms with Gasteiger partial charge in [-0.25, -0.2) is 0 Å². The fourth-order valence-electron chi connectivity index (χ4n) is 3.81. The van der Waals surface area contributed by atoms with Gasteiger partial charge in [-0.05, 0) is 24.6 Å². The first-order chi connectivity index (χ1) is 14.0. The lowest BCUT2D eigenvalue weighted by Crippen LogP contribution is -2.54. The van der Waals surface area contributed by atoms with E-state index in [0.29, 0.717) is 26.2 Å². The molecule has 2 aliphatic heterocycles. The fraction of sp³-hybridized carbons (Fsp3) is 0.619. The van der Waals surface area contributed by atoms with E-state index >= 15 is 0 Å². The van der Waals surface area contributed by atoms with Gasteiger partial charge in [0.15, 0.2) is 0 Å². The number of nitrogens with one attached hydrogen (secondary N) is 1. The van der Waals surface area contributed by atoms with Crippen molar-refractivity contribution in [3.05, 3.63) is 29.3 Å². The van der Waals surface area contributed by atoms with Crippen molar-refractivity contribution in [2.45, 2.75) is 13.3 Å². The molecule has 1 aromatic rings. The first kappa shape index (κ1) is 21.9. The second kappa shape index (κ2) is 10.8. The number of hydrogen-bond acceptors (Lipinski definition) is 5.